The van der Waals surface area contributed by atoms with Crippen LogP contribution in [0.2, 0.25) is 0 Å². The number of ether oxygens (including phenoxy) is 6. The van der Waals surface area contributed by atoms with E-state index in [2.05, 4.69) is 0 Å². The number of carbonyl (C=O) groups excluding carboxylic acids is 3. The number of hydrogen-bond donors (Lipinski definition) is 0. The number of amides is 1. The maximum atomic E-state index is 13.0. The average molecular weight is 490 g/mol. The lowest BCUT2D eigenvalue weighted by molar-refractivity contribution is -0.150. The molecule has 2 aromatic carbocycles. The third-order valence-corrected chi connectivity index (χ3v) is 5.60. The van der Waals surface area contributed by atoms with Crippen LogP contribution in [0.1, 0.15) is 36.2 Å². The first-order valence-corrected chi connectivity index (χ1v) is 10.8. The fourth-order valence-electron chi connectivity index (χ4n) is 3.57. The number of carbonyl (C=O) groups is 3. The van der Waals surface area contributed by atoms with E-state index in [1.807, 2.05) is 37.3 Å². The zero-order valence-corrected chi connectivity index (χ0v) is 20.8. The summed E-state index contributed by atoms with van der Waals surface area (Å²) in [7, 11) is 5.88. The molecule has 2 rings (SSSR count). The second-order valence-corrected chi connectivity index (χ2v) is 7.46. The van der Waals surface area contributed by atoms with Crippen LogP contribution in [0, 0.1) is 0 Å². The van der Waals surface area contributed by atoms with Crippen molar-refractivity contribution in [2.75, 3.05) is 41.8 Å². The number of nitrogens with zero attached hydrogens (tertiary/aromatic N) is 1. The quantitative estimate of drug-likeness (QED) is 0.344. The maximum Gasteiger partial charge on any atom is 0.413 e. The molecule has 1 atom stereocenters. The molecule has 0 aliphatic rings. The van der Waals surface area contributed by atoms with Crippen LogP contribution < -0.4 is 14.2 Å². The van der Waals surface area contributed by atoms with Gasteiger partial charge >= 0.3 is 18.0 Å². The van der Waals surface area contributed by atoms with Gasteiger partial charge in [0.15, 0.2) is 11.5 Å². The first kappa shape index (κ1) is 27.3. The number of benzene rings is 2. The summed E-state index contributed by atoms with van der Waals surface area (Å²) in [5, 5.41) is 0. The van der Waals surface area contributed by atoms with E-state index in [1.54, 1.807) is 0 Å². The molecule has 10 heteroatoms. The van der Waals surface area contributed by atoms with Crippen molar-refractivity contribution in [3.8, 4) is 17.2 Å². The van der Waals surface area contributed by atoms with Gasteiger partial charge in [0, 0.05) is 14.0 Å². The van der Waals surface area contributed by atoms with Gasteiger partial charge in [-0.25, -0.2) is 9.59 Å². The Kier molecular flexibility index (Phi) is 9.74. The highest BCUT2D eigenvalue weighted by atomic mass is 16.7. The van der Waals surface area contributed by atoms with Gasteiger partial charge in [0.2, 0.25) is 12.5 Å². The smallest absolute Gasteiger partial charge is 0.413 e. The van der Waals surface area contributed by atoms with E-state index in [0.29, 0.717) is 23.7 Å². The second kappa shape index (κ2) is 12.5. The van der Waals surface area contributed by atoms with Gasteiger partial charge in [-0.05, 0) is 24.1 Å². The molecule has 1 amide bonds. The van der Waals surface area contributed by atoms with Gasteiger partial charge in [-0.3, -0.25) is 9.69 Å². The summed E-state index contributed by atoms with van der Waals surface area (Å²) in [6, 6.07) is 12.1. The molecule has 0 spiro atoms. The van der Waals surface area contributed by atoms with Crippen molar-refractivity contribution in [3.63, 3.8) is 0 Å². The van der Waals surface area contributed by atoms with E-state index >= 15 is 0 Å². The van der Waals surface area contributed by atoms with E-state index < -0.39 is 30.4 Å². The fraction of sp³-hybridized carbons (Fsp3) is 0.400. The zero-order chi connectivity index (χ0) is 26.0. The van der Waals surface area contributed by atoms with E-state index in [0.717, 1.165) is 5.56 Å². The van der Waals surface area contributed by atoms with Crippen LogP contribution in [-0.2, 0) is 24.5 Å². The Balaban J connectivity index is 2.35. The highest BCUT2D eigenvalue weighted by Gasteiger charge is 2.40. The lowest BCUT2D eigenvalue weighted by atomic mass is 9.86. The van der Waals surface area contributed by atoms with Crippen molar-refractivity contribution < 1.29 is 42.8 Å². The summed E-state index contributed by atoms with van der Waals surface area (Å²) in [4.78, 5) is 38.2. The predicted octanol–water partition coefficient (Wildman–Crippen LogP) is 3.76. The number of likely N-dealkylation sites (N-methyl/N-ethyl adjacent to an activating group) is 1. The molecular formula is C25H31NO9. The number of esters is 2. The summed E-state index contributed by atoms with van der Waals surface area (Å²) in [6.45, 7) is 2.36. The number of hydrogen-bond acceptors (Lipinski definition) is 9. The molecule has 0 aliphatic carbocycles. The molecule has 0 unspecified atom stereocenters. The molecule has 0 bridgehead atoms. The van der Waals surface area contributed by atoms with Gasteiger partial charge in [-0.2, -0.15) is 0 Å². The van der Waals surface area contributed by atoms with Gasteiger partial charge in [-0.15, -0.1) is 0 Å². The van der Waals surface area contributed by atoms with Crippen LogP contribution in [0.25, 0.3) is 0 Å². The summed E-state index contributed by atoms with van der Waals surface area (Å²) in [5.74, 6) is -0.289. The van der Waals surface area contributed by atoms with Crippen molar-refractivity contribution in [1.29, 1.82) is 0 Å². The Labute approximate surface area is 204 Å². The Bertz CT molecular complexity index is 1000. The van der Waals surface area contributed by atoms with Crippen LogP contribution >= 0.6 is 0 Å². The van der Waals surface area contributed by atoms with Crippen LogP contribution in [-0.4, -0.2) is 64.7 Å². The topological polar surface area (TPSA) is 110 Å². The van der Waals surface area contributed by atoms with Gasteiger partial charge in [-0.1, -0.05) is 37.3 Å². The fourth-order valence-corrected chi connectivity index (χ4v) is 3.57. The monoisotopic (exact) mass is 489 g/mol. The summed E-state index contributed by atoms with van der Waals surface area (Å²) >= 11 is 0. The molecule has 10 nitrogen and oxygen atoms in total. The number of methoxy groups -OCH3 is 3. The predicted molar refractivity (Wildman–Crippen MR) is 126 cm³/mol. The molecular weight excluding hydrogens is 458 g/mol. The van der Waals surface area contributed by atoms with Crippen LogP contribution in [0.3, 0.4) is 0 Å². The molecule has 0 saturated carbocycles. The molecule has 190 valence electrons. The molecule has 0 saturated heterocycles. The first-order chi connectivity index (χ1) is 16.7. The van der Waals surface area contributed by atoms with Gasteiger partial charge in [0.25, 0.3) is 0 Å². The van der Waals surface area contributed by atoms with E-state index in [1.165, 1.54) is 52.3 Å². The van der Waals surface area contributed by atoms with Crippen LogP contribution in [0.15, 0.2) is 42.5 Å². The van der Waals surface area contributed by atoms with E-state index in [4.69, 9.17) is 28.4 Å². The molecule has 0 N–H and O–H groups in total. The zero-order valence-electron chi connectivity index (χ0n) is 20.8. The molecule has 35 heavy (non-hydrogen) atoms. The molecule has 0 aliphatic heterocycles. The standard InChI is InChI=1S/C25H31NO9/c1-7-25(19-11-9-8-10-12-19,26(3)24(29)35-16-34-17(2)27)15-33-23(28)18-13-20(30-4)22(32-6)21(14-18)31-5/h8-14H,7,15-16H2,1-6H3/t25-/m1/s1. The summed E-state index contributed by atoms with van der Waals surface area (Å²) in [5.41, 5.74) is -0.157. The van der Waals surface area contributed by atoms with Gasteiger partial charge < -0.3 is 28.4 Å². The number of rotatable bonds is 11. The van der Waals surface area contributed by atoms with Crippen molar-refractivity contribution in [2.45, 2.75) is 25.8 Å². The Morgan fingerprint density at radius 2 is 1.49 bits per heavy atom. The van der Waals surface area contributed by atoms with E-state index in [9.17, 15) is 14.4 Å². The minimum absolute atomic E-state index is 0.178. The minimum Gasteiger partial charge on any atom is -0.493 e. The summed E-state index contributed by atoms with van der Waals surface area (Å²) in [6.07, 6.45) is -0.362. The van der Waals surface area contributed by atoms with Gasteiger partial charge in [0.1, 0.15) is 12.1 Å². The van der Waals surface area contributed by atoms with Crippen molar-refractivity contribution in [2.24, 2.45) is 0 Å². The molecule has 0 fully saturated rings. The SMILES string of the molecule is CC[C@@](COC(=O)c1cc(OC)c(OC)c(OC)c1)(c1ccccc1)N(C)C(=O)OCOC(C)=O. The second-order valence-electron chi connectivity index (χ2n) is 7.46. The lowest BCUT2D eigenvalue weighted by Gasteiger charge is -2.40. The molecule has 0 radical (unpaired) electrons. The lowest BCUT2D eigenvalue weighted by Crippen LogP contribution is -2.50. The highest BCUT2D eigenvalue weighted by Crippen LogP contribution is 2.39. The van der Waals surface area contributed by atoms with Crippen LogP contribution in [0.4, 0.5) is 4.79 Å². The molecule has 0 aromatic heterocycles. The third kappa shape index (κ3) is 6.34. The third-order valence-electron chi connectivity index (χ3n) is 5.60. The maximum absolute atomic E-state index is 13.0. The van der Waals surface area contributed by atoms with E-state index in [-0.39, 0.29) is 12.2 Å². The Morgan fingerprint density at radius 3 is 1.97 bits per heavy atom. The normalized spacial score (nSPS) is 12.1. The molecule has 2 aromatic rings. The van der Waals surface area contributed by atoms with Crippen LogP contribution in [0.5, 0.6) is 17.2 Å². The summed E-state index contributed by atoms with van der Waals surface area (Å²) < 4.78 is 31.4. The largest absolute Gasteiger partial charge is 0.493 e. The highest BCUT2D eigenvalue weighted by molar-refractivity contribution is 5.91. The van der Waals surface area contributed by atoms with Crippen molar-refractivity contribution >= 4 is 18.0 Å². The van der Waals surface area contributed by atoms with Gasteiger partial charge in [0.05, 0.1) is 26.9 Å². The minimum atomic E-state index is -1.06. The Morgan fingerprint density at radius 1 is 0.886 bits per heavy atom. The Hall–Kier alpha value is -3.95. The average Bonchev–Trinajstić information content (AvgIpc) is 2.88. The molecule has 0 heterocycles. The van der Waals surface area contributed by atoms with Crippen molar-refractivity contribution in [1.82, 2.24) is 4.90 Å². The first-order valence-electron chi connectivity index (χ1n) is 10.8. The van der Waals surface area contributed by atoms with Crippen molar-refractivity contribution in [3.05, 3.63) is 53.6 Å².